The summed E-state index contributed by atoms with van der Waals surface area (Å²) in [7, 11) is 5.18. The van der Waals surface area contributed by atoms with Crippen molar-refractivity contribution in [3.8, 4) is 0 Å². The monoisotopic (exact) mass is 315 g/mol. The number of esters is 1. The number of nitrogens with zero attached hydrogens (tertiary/aromatic N) is 2. The van der Waals surface area contributed by atoms with Crippen LogP contribution >= 0.6 is 0 Å². The Balaban J connectivity index is 4.98. The number of hydrogen-bond donors (Lipinski definition) is 1. The van der Waals surface area contributed by atoms with Crippen LogP contribution in [0.4, 0.5) is 0 Å². The van der Waals surface area contributed by atoms with E-state index in [9.17, 15) is 9.59 Å². The molecule has 0 aromatic heterocycles. The van der Waals surface area contributed by atoms with Crippen LogP contribution in [-0.2, 0) is 14.3 Å². The van der Waals surface area contributed by atoms with Crippen molar-refractivity contribution in [2.24, 2.45) is 11.7 Å². The molecule has 2 atom stereocenters. The van der Waals surface area contributed by atoms with Crippen molar-refractivity contribution >= 4 is 11.9 Å². The molecule has 1 amide bonds. The van der Waals surface area contributed by atoms with Crippen LogP contribution in [0, 0.1) is 5.92 Å². The molecule has 22 heavy (non-hydrogen) atoms. The van der Waals surface area contributed by atoms with Gasteiger partial charge in [0.2, 0.25) is 5.91 Å². The van der Waals surface area contributed by atoms with Crippen LogP contribution in [0.25, 0.3) is 0 Å². The van der Waals surface area contributed by atoms with Gasteiger partial charge in [-0.2, -0.15) is 0 Å². The quantitative estimate of drug-likeness (QED) is 0.712. The summed E-state index contributed by atoms with van der Waals surface area (Å²) in [6.45, 7) is 10.1. The van der Waals surface area contributed by atoms with Gasteiger partial charge in [-0.1, -0.05) is 13.8 Å². The first kappa shape index (κ1) is 20.9. The van der Waals surface area contributed by atoms with E-state index in [2.05, 4.69) is 0 Å². The molecule has 6 heteroatoms. The second kappa shape index (κ2) is 8.48. The minimum absolute atomic E-state index is 0.0234. The van der Waals surface area contributed by atoms with Crippen molar-refractivity contribution in [2.45, 2.75) is 58.7 Å². The van der Waals surface area contributed by atoms with Gasteiger partial charge in [0.15, 0.2) is 0 Å². The Hall–Kier alpha value is -1.14. The molecule has 0 bridgehead atoms. The first-order chi connectivity index (χ1) is 9.85. The lowest BCUT2D eigenvalue weighted by Gasteiger charge is -2.32. The van der Waals surface area contributed by atoms with E-state index in [0.717, 1.165) is 0 Å². The van der Waals surface area contributed by atoms with Gasteiger partial charge in [0, 0.05) is 26.7 Å². The van der Waals surface area contributed by atoms with Crippen molar-refractivity contribution in [2.75, 3.05) is 27.7 Å². The number of nitrogens with two attached hydrogens (primary N) is 1. The van der Waals surface area contributed by atoms with E-state index in [4.69, 9.17) is 10.5 Å². The van der Waals surface area contributed by atoms with Crippen molar-refractivity contribution in [3.05, 3.63) is 0 Å². The second-order valence-corrected chi connectivity index (χ2v) is 7.39. The summed E-state index contributed by atoms with van der Waals surface area (Å²) in [4.78, 5) is 27.8. The van der Waals surface area contributed by atoms with Crippen molar-refractivity contribution < 1.29 is 14.3 Å². The van der Waals surface area contributed by atoms with E-state index < -0.39 is 11.6 Å². The first-order valence-electron chi connectivity index (χ1n) is 7.74. The molecule has 0 rings (SSSR count). The predicted molar refractivity (Wildman–Crippen MR) is 88.4 cm³/mol. The van der Waals surface area contributed by atoms with E-state index in [1.54, 1.807) is 14.1 Å². The molecule has 6 nitrogen and oxygen atoms in total. The average molecular weight is 315 g/mol. The van der Waals surface area contributed by atoms with Crippen LogP contribution in [0.5, 0.6) is 0 Å². The molecule has 0 fully saturated rings. The number of hydrogen-bond acceptors (Lipinski definition) is 5. The lowest BCUT2D eigenvalue weighted by molar-refractivity contribution is -0.158. The third-order valence-corrected chi connectivity index (χ3v) is 3.39. The highest BCUT2D eigenvalue weighted by atomic mass is 16.6. The zero-order chi connectivity index (χ0) is 17.7. The highest BCUT2D eigenvalue weighted by Crippen LogP contribution is 2.14. The van der Waals surface area contributed by atoms with Crippen molar-refractivity contribution in [1.29, 1.82) is 0 Å². The molecular formula is C16H33N3O3. The van der Waals surface area contributed by atoms with E-state index in [-0.39, 0.29) is 24.3 Å². The van der Waals surface area contributed by atoms with Crippen LogP contribution in [0.2, 0.25) is 0 Å². The molecule has 0 radical (unpaired) electrons. The lowest BCUT2D eigenvalue weighted by atomic mass is 10.0. The molecule has 0 saturated heterocycles. The number of ether oxygens (including phenoxy) is 1. The summed E-state index contributed by atoms with van der Waals surface area (Å²) in [5, 5.41) is 0. The third-order valence-electron chi connectivity index (χ3n) is 3.39. The summed E-state index contributed by atoms with van der Waals surface area (Å²) >= 11 is 0. The number of amides is 1. The second-order valence-electron chi connectivity index (χ2n) is 7.39. The zero-order valence-electron chi connectivity index (χ0n) is 15.3. The number of likely N-dealkylation sites (N-methyl/N-ethyl adjacent to an activating group) is 2. The minimum atomic E-state index is -0.561. The third kappa shape index (κ3) is 7.75. The summed E-state index contributed by atoms with van der Waals surface area (Å²) in [6.07, 6.45) is 0.0234. The summed E-state index contributed by atoms with van der Waals surface area (Å²) in [5.41, 5.74) is 5.52. The molecule has 0 aliphatic heterocycles. The van der Waals surface area contributed by atoms with Gasteiger partial charge in [-0.15, -0.1) is 0 Å². The average Bonchev–Trinajstić information content (AvgIpc) is 2.32. The molecule has 0 aromatic rings. The van der Waals surface area contributed by atoms with Gasteiger partial charge < -0.3 is 15.4 Å². The summed E-state index contributed by atoms with van der Waals surface area (Å²) < 4.78 is 5.33. The maximum Gasteiger partial charge on any atom is 0.308 e. The molecule has 0 aliphatic rings. The van der Waals surface area contributed by atoms with Crippen LogP contribution in [0.3, 0.4) is 0 Å². The van der Waals surface area contributed by atoms with Crippen molar-refractivity contribution in [3.63, 3.8) is 0 Å². The van der Waals surface area contributed by atoms with Crippen LogP contribution < -0.4 is 5.73 Å². The van der Waals surface area contributed by atoms with E-state index in [1.165, 1.54) is 4.90 Å². The van der Waals surface area contributed by atoms with E-state index in [1.807, 2.05) is 46.6 Å². The van der Waals surface area contributed by atoms with Gasteiger partial charge in [0.05, 0.1) is 12.5 Å². The van der Waals surface area contributed by atoms with E-state index >= 15 is 0 Å². The zero-order valence-corrected chi connectivity index (χ0v) is 15.3. The van der Waals surface area contributed by atoms with Gasteiger partial charge in [-0.05, 0) is 33.7 Å². The van der Waals surface area contributed by atoms with Gasteiger partial charge in [-0.25, -0.2) is 0 Å². The lowest BCUT2D eigenvalue weighted by Crippen LogP contribution is -2.50. The maximum absolute atomic E-state index is 12.4. The summed E-state index contributed by atoms with van der Waals surface area (Å²) in [5.74, 6) is -0.193. The topological polar surface area (TPSA) is 75.9 Å². The van der Waals surface area contributed by atoms with Crippen LogP contribution in [0.1, 0.15) is 41.0 Å². The van der Waals surface area contributed by atoms with Gasteiger partial charge in [0.1, 0.15) is 5.60 Å². The van der Waals surface area contributed by atoms with Crippen molar-refractivity contribution in [1.82, 2.24) is 9.80 Å². The fourth-order valence-electron chi connectivity index (χ4n) is 1.94. The normalized spacial score (nSPS) is 14.9. The Kier molecular flexibility index (Phi) is 8.04. The SMILES string of the molecule is CC(C)[C@H](N)CN(C)[C@@H](CC(=O)OC(C)(C)C)C(=O)N(C)C. The largest absolute Gasteiger partial charge is 0.460 e. The van der Waals surface area contributed by atoms with Gasteiger partial charge >= 0.3 is 5.97 Å². The predicted octanol–water partition coefficient (Wildman–Crippen LogP) is 1.09. The Labute approximate surface area is 135 Å². The molecule has 130 valence electrons. The Bertz CT molecular complexity index is 375. The van der Waals surface area contributed by atoms with E-state index in [0.29, 0.717) is 12.5 Å². The molecule has 0 unspecified atom stereocenters. The van der Waals surface area contributed by atoms with Gasteiger partial charge in [0.25, 0.3) is 0 Å². The number of rotatable bonds is 7. The standard InChI is InChI=1S/C16H33N3O3/c1-11(2)12(17)10-19(8)13(15(21)18(6)7)9-14(20)22-16(3,4)5/h11-13H,9-10,17H2,1-8H3/t12-,13+/m1/s1. The van der Waals surface area contributed by atoms with Gasteiger partial charge in [-0.3, -0.25) is 14.5 Å². The highest BCUT2D eigenvalue weighted by molar-refractivity contribution is 5.86. The first-order valence-corrected chi connectivity index (χ1v) is 7.74. The fourth-order valence-corrected chi connectivity index (χ4v) is 1.94. The molecular weight excluding hydrogens is 282 g/mol. The molecule has 2 N–H and O–H groups in total. The number of carbonyl (C=O) groups excluding carboxylic acids is 2. The number of carbonyl (C=O) groups is 2. The molecule has 0 heterocycles. The Morgan fingerprint density at radius 2 is 1.64 bits per heavy atom. The fraction of sp³-hybridized carbons (Fsp3) is 0.875. The maximum atomic E-state index is 12.4. The Morgan fingerprint density at radius 1 is 1.14 bits per heavy atom. The summed E-state index contributed by atoms with van der Waals surface area (Å²) in [6, 6.07) is -0.615. The molecule has 0 saturated carbocycles. The Morgan fingerprint density at radius 3 is 2.00 bits per heavy atom. The molecule has 0 aliphatic carbocycles. The minimum Gasteiger partial charge on any atom is -0.460 e. The molecule has 0 aromatic carbocycles. The molecule has 0 spiro atoms. The highest BCUT2D eigenvalue weighted by Gasteiger charge is 2.30. The smallest absolute Gasteiger partial charge is 0.308 e. The van der Waals surface area contributed by atoms with Crippen LogP contribution in [0.15, 0.2) is 0 Å². The van der Waals surface area contributed by atoms with Crippen LogP contribution in [-0.4, -0.2) is 67.0 Å².